The van der Waals surface area contributed by atoms with Crippen molar-refractivity contribution in [2.75, 3.05) is 13.1 Å². The Morgan fingerprint density at radius 3 is 2.23 bits per heavy atom. The first-order valence-corrected chi connectivity index (χ1v) is 6.46. The molecule has 0 heterocycles. The lowest BCUT2D eigenvalue weighted by Crippen LogP contribution is -2.46. The van der Waals surface area contributed by atoms with Gasteiger partial charge in [-0.2, -0.15) is 0 Å². The molecule has 1 unspecified atom stereocenters. The zero-order chi connectivity index (χ0) is 16.9. The molecule has 0 saturated heterocycles. The van der Waals surface area contributed by atoms with E-state index in [1.165, 1.54) is 13.8 Å². The minimum absolute atomic E-state index is 0.0243. The molecule has 1 atom stereocenters. The van der Waals surface area contributed by atoms with Crippen LogP contribution in [-0.2, 0) is 9.59 Å². The van der Waals surface area contributed by atoms with Gasteiger partial charge in [-0.05, 0) is 19.1 Å². The highest BCUT2D eigenvalue weighted by molar-refractivity contribution is 5.96. The van der Waals surface area contributed by atoms with Crippen LogP contribution in [0.3, 0.4) is 0 Å². The molecule has 0 bridgehead atoms. The van der Waals surface area contributed by atoms with Gasteiger partial charge in [0.05, 0.1) is 0 Å². The van der Waals surface area contributed by atoms with Gasteiger partial charge in [-0.25, -0.2) is 13.6 Å². The van der Waals surface area contributed by atoms with E-state index < -0.39 is 29.6 Å². The summed E-state index contributed by atoms with van der Waals surface area (Å²) >= 11 is 0. The zero-order valence-corrected chi connectivity index (χ0v) is 12.1. The number of halogens is 2. The van der Waals surface area contributed by atoms with Crippen LogP contribution in [-0.4, -0.2) is 46.9 Å². The molecule has 0 aliphatic heterocycles. The lowest BCUT2D eigenvalue weighted by atomic mass is 10.1. The fraction of sp³-hybridized carbons (Fsp3) is 0.357. The third-order valence-electron chi connectivity index (χ3n) is 2.92. The molecule has 0 saturated carbocycles. The van der Waals surface area contributed by atoms with Crippen molar-refractivity contribution in [1.29, 1.82) is 0 Å². The summed E-state index contributed by atoms with van der Waals surface area (Å²) in [5.74, 6) is -4.32. The molecular weight excluding hydrogens is 298 g/mol. The van der Waals surface area contributed by atoms with Gasteiger partial charge in [-0.1, -0.05) is 0 Å². The van der Waals surface area contributed by atoms with E-state index in [1.807, 2.05) is 0 Å². The molecule has 8 heteroatoms. The summed E-state index contributed by atoms with van der Waals surface area (Å²) in [6, 6.07) is 1.04. The van der Waals surface area contributed by atoms with Crippen molar-refractivity contribution in [3.05, 3.63) is 35.4 Å². The Labute approximate surface area is 125 Å². The second-order valence-electron chi connectivity index (χ2n) is 4.65. The van der Waals surface area contributed by atoms with E-state index in [0.717, 1.165) is 17.0 Å². The average molecular weight is 314 g/mol. The number of carbonyl (C=O) groups is 3. The van der Waals surface area contributed by atoms with Crippen molar-refractivity contribution in [2.24, 2.45) is 0 Å². The monoisotopic (exact) mass is 314 g/mol. The molecule has 0 aliphatic carbocycles. The predicted octanol–water partition coefficient (Wildman–Crippen LogP) is 1.02. The molecule has 120 valence electrons. The number of carboxylic acid groups (broad SMARTS) is 1. The molecule has 6 nitrogen and oxygen atoms in total. The third kappa shape index (κ3) is 4.80. The van der Waals surface area contributed by atoms with Gasteiger partial charge in [0.25, 0.3) is 5.91 Å². The van der Waals surface area contributed by atoms with Crippen molar-refractivity contribution in [3.8, 4) is 0 Å². The summed E-state index contributed by atoms with van der Waals surface area (Å²) in [7, 11) is 0. The maximum Gasteiger partial charge on any atom is 0.326 e. The number of amides is 2. The van der Waals surface area contributed by atoms with Crippen LogP contribution >= 0.6 is 0 Å². The Hall–Kier alpha value is -2.51. The Kier molecular flexibility index (Phi) is 5.97. The molecule has 2 N–H and O–H groups in total. The maximum atomic E-state index is 13.2. The Morgan fingerprint density at radius 2 is 1.77 bits per heavy atom. The molecule has 0 fully saturated rings. The fourth-order valence-electron chi connectivity index (χ4n) is 1.80. The predicted molar refractivity (Wildman–Crippen MR) is 73.2 cm³/mol. The average Bonchev–Trinajstić information content (AvgIpc) is 2.40. The van der Waals surface area contributed by atoms with E-state index in [0.29, 0.717) is 6.07 Å². The highest BCUT2D eigenvalue weighted by Crippen LogP contribution is 2.13. The Morgan fingerprint density at radius 1 is 1.23 bits per heavy atom. The van der Waals surface area contributed by atoms with Gasteiger partial charge in [0.15, 0.2) is 0 Å². The van der Waals surface area contributed by atoms with Crippen LogP contribution in [0.1, 0.15) is 24.2 Å². The number of nitrogens with zero attached hydrogens (tertiary/aromatic N) is 1. The van der Waals surface area contributed by atoms with E-state index in [2.05, 4.69) is 5.32 Å². The summed E-state index contributed by atoms with van der Waals surface area (Å²) in [5, 5.41) is 11.5. The van der Waals surface area contributed by atoms with Crippen LogP contribution in [0.4, 0.5) is 8.78 Å². The van der Waals surface area contributed by atoms with Crippen molar-refractivity contribution in [1.82, 2.24) is 10.2 Å². The number of carboxylic acids is 1. The molecule has 0 aliphatic rings. The van der Waals surface area contributed by atoms with Crippen molar-refractivity contribution in [2.45, 2.75) is 19.9 Å². The van der Waals surface area contributed by atoms with E-state index in [9.17, 15) is 23.2 Å². The summed E-state index contributed by atoms with van der Waals surface area (Å²) in [6.45, 7) is 2.46. The maximum absolute atomic E-state index is 13.2. The van der Waals surface area contributed by atoms with E-state index in [-0.39, 0.29) is 24.6 Å². The van der Waals surface area contributed by atoms with Gasteiger partial charge in [-0.15, -0.1) is 0 Å². The lowest BCUT2D eigenvalue weighted by Gasteiger charge is -2.26. The number of carbonyl (C=O) groups excluding carboxylic acids is 2. The number of nitrogens with one attached hydrogen (secondary N) is 1. The quantitative estimate of drug-likeness (QED) is 0.820. The van der Waals surface area contributed by atoms with Crippen LogP contribution < -0.4 is 5.32 Å². The molecule has 1 aromatic carbocycles. The van der Waals surface area contributed by atoms with Gasteiger partial charge in [0.2, 0.25) is 5.91 Å². The number of hydrogen-bond acceptors (Lipinski definition) is 3. The van der Waals surface area contributed by atoms with Gasteiger partial charge in [0, 0.05) is 31.6 Å². The SMILES string of the molecule is CC(=O)NCCN(C(=O)c1cc(F)cc(F)c1)C(C)C(=O)O. The normalized spacial score (nSPS) is 11.6. The van der Waals surface area contributed by atoms with Crippen LogP contribution in [0.25, 0.3) is 0 Å². The van der Waals surface area contributed by atoms with Crippen LogP contribution in [0.15, 0.2) is 18.2 Å². The second-order valence-corrected chi connectivity index (χ2v) is 4.65. The minimum Gasteiger partial charge on any atom is -0.480 e. The highest BCUT2D eigenvalue weighted by atomic mass is 19.1. The molecule has 22 heavy (non-hydrogen) atoms. The van der Waals surface area contributed by atoms with E-state index in [1.54, 1.807) is 0 Å². The standard InChI is InChI=1S/C14H16F2N2O4/c1-8(14(21)22)18(4-3-17-9(2)19)13(20)10-5-11(15)7-12(16)6-10/h5-8H,3-4H2,1-2H3,(H,17,19)(H,21,22). The topological polar surface area (TPSA) is 86.7 Å². The molecule has 1 aromatic rings. The number of aliphatic carboxylic acids is 1. The Bertz CT molecular complexity index is 572. The highest BCUT2D eigenvalue weighted by Gasteiger charge is 2.26. The number of hydrogen-bond donors (Lipinski definition) is 2. The molecule has 2 amide bonds. The molecular formula is C14H16F2N2O4. The number of benzene rings is 1. The second kappa shape index (κ2) is 7.48. The van der Waals surface area contributed by atoms with Crippen molar-refractivity contribution >= 4 is 17.8 Å². The fourth-order valence-corrected chi connectivity index (χ4v) is 1.80. The molecule has 1 rings (SSSR count). The van der Waals surface area contributed by atoms with Crippen LogP contribution in [0.5, 0.6) is 0 Å². The van der Waals surface area contributed by atoms with E-state index in [4.69, 9.17) is 5.11 Å². The first kappa shape index (κ1) is 17.5. The van der Waals surface area contributed by atoms with Crippen molar-refractivity contribution < 1.29 is 28.3 Å². The zero-order valence-electron chi connectivity index (χ0n) is 12.1. The van der Waals surface area contributed by atoms with Gasteiger partial charge in [-0.3, -0.25) is 9.59 Å². The van der Waals surface area contributed by atoms with Crippen LogP contribution in [0.2, 0.25) is 0 Å². The third-order valence-corrected chi connectivity index (χ3v) is 2.92. The smallest absolute Gasteiger partial charge is 0.326 e. The van der Waals surface area contributed by atoms with Gasteiger partial charge in [0.1, 0.15) is 17.7 Å². The first-order chi connectivity index (χ1) is 10.2. The number of rotatable bonds is 6. The van der Waals surface area contributed by atoms with Crippen molar-refractivity contribution in [3.63, 3.8) is 0 Å². The lowest BCUT2D eigenvalue weighted by molar-refractivity contribution is -0.141. The Balaban J connectivity index is 3.00. The largest absolute Gasteiger partial charge is 0.480 e. The van der Waals surface area contributed by atoms with E-state index >= 15 is 0 Å². The van der Waals surface area contributed by atoms with Gasteiger partial charge < -0.3 is 15.3 Å². The summed E-state index contributed by atoms with van der Waals surface area (Å²) < 4.78 is 26.4. The first-order valence-electron chi connectivity index (χ1n) is 6.46. The summed E-state index contributed by atoms with van der Waals surface area (Å²) in [5.41, 5.74) is -0.298. The molecule has 0 radical (unpaired) electrons. The molecule has 0 aromatic heterocycles. The minimum atomic E-state index is -1.27. The summed E-state index contributed by atoms with van der Waals surface area (Å²) in [4.78, 5) is 35.1. The summed E-state index contributed by atoms with van der Waals surface area (Å²) in [6.07, 6.45) is 0. The molecule has 0 spiro atoms. The van der Waals surface area contributed by atoms with Gasteiger partial charge >= 0.3 is 5.97 Å². The van der Waals surface area contributed by atoms with Crippen LogP contribution in [0, 0.1) is 11.6 Å².